The number of anilines is 1. The summed E-state index contributed by atoms with van der Waals surface area (Å²) in [4.78, 5) is 2.76. The second-order valence-electron chi connectivity index (χ2n) is 6.90. The summed E-state index contributed by atoms with van der Waals surface area (Å²) in [5, 5.41) is -0.205. The first kappa shape index (κ1) is 14.9. The van der Waals surface area contributed by atoms with Gasteiger partial charge in [0.1, 0.15) is 0 Å². The Morgan fingerprint density at radius 3 is 2.43 bits per heavy atom. The van der Waals surface area contributed by atoms with Crippen LogP contribution in [0.3, 0.4) is 0 Å². The summed E-state index contributed by atoms with van der Waals surface area (Å²) in [5.74, 6) is 0. The van der Waals surface area contributed by atoms with Gasteiger partial charge in [-0.25, -0.2) is 8.42 Å². The predicted molar refractivity (Wildman–Crippen MR) is 85.0 cm³/mol. The minimum absolute atomic E-state index is 0.205. The smallest absolute Gasteiger partial charge is 0.181 e. The lowest BCUT2D eigenvalue weighted by Crippen LogP contribution is -2.50. The van der Waals surface area contributed by atoms with E-state index in [9.17, 15) is 8.42 Å². The Morgan fingerprint density at radius 1 is 1.24 bits per heavy atom. The number of nitrogens with zero attached hydrogens (tertiary/aromatic N) is 1. The molecule has 21 heavy (non-hydrogen) atoms. The minimum Gasteiger partial charge on any atom is -0.399 e. The zero-order valence-corrected chi connectivity index (χ0v) is 13.6. The van der Waals surface area contributed by atoms with Crippen LogP contribution < -0.4 is 5.73 Å². The van der Waals surface area contributed by atoms with Gasteiger partial charge in [0, 0.05) is 5.69 Å². The van der Waals surface area contributed by atoms with Crippen molar-refractivity contribution in [2.45, 2.75) is 42.8 Å². The Morgan fingerprint density at radius 2 is 1.86 bits per heavy atom. The molecule has 1 saturated carbocycles. The van der Waals surface area contributed by atoms with Gasteiger partial charge in [0.2, 0.25) is 0 Å². The van der Waals surface area contributed by atoms with E-state index in [-0.39, 0.29) is 10.7 Å². The van der Waals surface area contributed by atoms with Crippen molar-refractivity contribution in [3.63, 3.8) is 0 Å². The zero-order chi connectivity index (χ0) is 15.3. The standard InChI is InChI=1S/C16H24N2O2S/c1-12-9-13(3-4-15(12)17)21(19,20)14-10-16(11-14)5-7-18(2)8-6-16/h3-4,9,14H,5-8,10-11,17H2,1-2H3. The molecule has 2 N–H and O–H groups in total. The summed E-state index contributed by atoms with van der Waals surface area (Å²) in [6.45, 7) is 4.04. The molecule has 116 valence electrons. The summed E-state index contributed by atoms with van der Waals surface area (Å²) in [7, 11) is -1.06. The molecule has 0 atom stereocenters. The van der Waals surface area contributed by atoms with Crippen LogP contribution in [-0.2, 0) is 9.84 Å². The van der Waals surface area contributed by atoms with Crippen molar-refractivity contribution in [1.29, 1.82) is 0 Å². The van der Waals surface area contributed by atoms with E-state index >= 15 is 0 Å². The highest BCUT2D eigenvalue weighted by Crippen LogP contribution is 2.52. The van der Waals surface area contributed by atoms with E-state index in [2.05, 4.69) is 11.9 Å². The monoisotopic (exact) mass is 308 g/mol. The van der Waals surface area contributed by atoms with Crippen LogP contribution in [-0.4, -0.2) is 38.7 Å². The number of benzene rings is 1. The van der Waals surface area contributed by atoms with Crippen LogP contribution in [0, 0.1) is 12.3 Å². The van der Waals surface area contributed by atoms with Gasteiger partial charge in [-0.3, -0.25) is 0 Å². The van der Waals surface area contributed by atoms with Gasteiger partial charge in [0.25, 0.3) is 0 Å². The minimum atomic E-state index is -3.20. The van der Waals surface area contributed by atoms with E-state index in [1.54, 1.807) is 18.2 Å². The molecule has 4 nitrogen and oxygen atoms in total. The van der Waals surface area contributed by atoms with Gasteiger partial charge in [-0.15, -0.1) is 0 Å². The van der Waals surface area contributed by atoms with Gasteiger partial charge in [-0.05, 0) is 81.9 Å². The van der Waals surface area contributed by atoms with Crippen molar-refractivity contribution in [3.05, 3.63) is 23.8 Å². The van der Waals surface area contributed by atoms with Gasteiger partial charge in [0.05, 0.1) is 10.1 Å². The molecule has 5 heteroatoms. The Balaban J connectivity index is 1.74. The van der Waals surface area contributed by atoms with Crippen LogP contribution in [0.2, 0.25) is 0 Å². The van der Waals surface area contributed by atoms with Crippen molar-refractivity contribution in [2.24, 2.45) is 5.41 Å². The molecular formula is C16H24N2O2S. The predicted octanol–water partition coefficient (Wildman–Crippen LogP) is 2.23. The maximum Gasteiger partial charge on any atom is 0.181 e. The lowest BCUT2D eigenvalue weighted by Gasteiger charge is -2.51. The summed E-state index contributed by atoms with van der Waals surface area (Å²) < 4.78 is 25.4. The fraction of sp³-hybridized carbons (Fsp3) is 0.625. The number of nitrogen functional groups attached to an aromatic ring is 1. The molecule has 2 aliphatic rings. The number of piperidine rings is 1. The summed E-state index contributed by atoms with van der Waals surface area (Å²) >= 11 is 0. The molecule has 1 aliphatic carbocycles. The van der Waals surface area contributed by atoms with E-state index in [0.29, 0.717) is 10.6 Å². The molecule has 3 rings (SSSR count). The zero-order valence-electron chi connectivity index (χ0n) is 12.8. The molecule has 1 aromatic carbocycles. The van der Waals surface area contributed by atoms with Crippen LogP contribution in [0.1, 0.15) is 31.2 Å². The maximum atomic E-state index is 12.7. The van der Waals surface area contributed by atoms with Crippen molar-refractivity contribution in [2.75, 3.05) is 25.9 Å². The summed E-state index contributed by atoms with van der Waals surface area (Å²) in [6, 6.07) is 5.06. The number of aryl methyl sites for hydroxylation is 1. The molecule has 0 unspecified atom stereocenters. The Hall–Kier alpha value is -1.07. The summed E-state index contributed by atoms with van der Waals surface area (Å²) in [5.41, 5.74) is 7.55. The van der Waals surface area contributed by atoms with Crippen molar-refractivity contribution in [1.82, 2.24) is 4.90 Å². The fourth-order valence-electron chi connectivity index (χ4n) is 3.64. The Labute approximate surface area is 127 Å². The third-order valence-corrected chi connectivity index (χ3v) is 7.50. The van der Waals surface area contributed by atoms with Gasteiger partial charge in [-0.2, -0.15) is 0 Å². The molecule has 0 aromatic heterocycles. The molecule has 1 heterocycles. The highest BCUT2D eigenvalue weighted by molar-refractivity contribution is 7.92. The Kier molecular flexibility index (Phi) is 3.53. The van der Waals surface area contributed by atoms with Gasteiger partial charge in [-0.1, -0.05) is 0 Å². The maximum absolute atomic E-state index is 12.7. The number of rotatable bonds is 2. The van der Waals surface area contributed by atoms with Crippen molar-refractivity contribution in [3.8, 4) is 0 Å². The molecule has 1 aliphatic heterocycles. The second kappa shape index (κ2) is 4.99. The van der Waals surface area contributed by atoms with Crippen LogP contribution >= 0.6 is 0 Å². The van der Waals surface area contributed by atoms with Crippen molar-refractivity contribution >= 4 is 15.5 Å². The molecule has 2 fully saturated rings. The number of likely N-dealkylation sites (tertiary alicyclic amines) is 1. The van der Waals surface area contributed by atoms with E-state index in [1.165, 1.54) is 0 Å². The number of sulfone groups is 1. The third kappa shape index (κ3) is 2.57. The van der Waals surface area contributed by atoms with Crippen molar-refractivity contribution < 1.29 is 8.42 Å². The fourth-order valence-corrected chi connectivity index (χ4v) is 5.77. The SMILES string of the molecule is Cc1cc(S(=O)(=O)C2CC3(CCN(C)CC3)C2)ccc1N. The average molecular weight is 308 g/mol. The highest BCUT2D eigenvalue weighted by atomic mass is 32.2. The highest BCUT2D eigenvalue weighted by Gasteiger charge is 2.50. The molecule has 0 bridgehead atoms. The summed E-state index contributed by atoms with van der Waals surface area (Å²) in [6.07, 6.45) is 3.92. The van der Waals surface area contributed by atoms with Crippen LogP contribution in [0.5, 0.6) is 0 Å². The normalized spacial score (nSPS) is 23.1. The van der Waals surface area contributed by atoms with Gasteiger partial charge >= 0.3 is 0 Å². The first-order valence-electron chi connectivity index (χ1n) is 7.61. The molecule has 0 amide bonds. The van der Waals surface area contributed by atoms with E-state index in [4.69, 9.17) is 5.73 Å². The quantitative estimate of drug-likeness (QED) is 0.851. The molecular weight excluding hydrogens is 284 g/mol. The molecule has 1 aromatic rings. The molecule has 1 saturated heterocycles. The lowest BCUT2D eigenvalue weighted by molar-refractivity contribution is 0.0465. The largest absolute Gasteiger partial charge is 0.399 e. The van der Waals surface area contributed by atoms with E-state index < -0.39 is 9.84 Å². The number of hydrogen-bond donors (Lipinski definition) is 1. The van der Waals surface area contributed by atoms with Gasteiger partial charge in [0.15, 0.2) is 9.84 Å². The first-order chi connectivity index (χ1) is 9.82. The average Bonchev–Trinajstić information content (AvgIpc) is 2.40. The third-order valence-electron chi connectivity index (χ3n) is 5.38. The molecule has 0 radical (unpaired) electrons. The van der Waals surface area contributed by atoms with E-state index in [1.807, 2.05) is 6.92 Å². The molecule has 1 spiro atoms. The first-order valence-corrected chi connectivity index (χ1v) is 9.16. The van der Waals surface area contributed by atoms with Crippen LogP contribution in [0.15, 0.2) is 23.1 Å². The van der Waals surface area contributed by atoms with Gasteiger partial charge < -0.3 is 10.6 Å². The van der Waals surface area contributed by atoms with E-state index in [0.717, 1.165) is 44.3 Å². The van der Waals surface area contributed by atoms with Crippen LogP contribution in [0.4, 0.5) is 5.69 Å². The number of nitrogens with two attached hydrogens (primary N) is 1. The second-order valence-corrected chi connectivity index (χ2v) is 9.13. The van der Waals surface area contributed by atoms with Crippen LogP contribution in [0.25, 0.3) is 0 Å². The topological polar surface area (TPSA) is 63.4 Å². The Bertz CT molecular complexity index is 638. The lowest BCUT2D eigenvalue weighted by atomic mass is 9.63. The number of hydrogen-bond acceptors (Lipinski definition) is 4.